The van der Waals surface area contributed by atoms with Crippen molar-refractivity contribution in [2.45, 2.75) is 24.9 Å². The molecular formula is C13H17N3O2S2. The lowest BCUT2D eigenvalue weighted by molar-refractivity contribution is 0.579. The fourth-order valence-electron chi connectivity index (χ4n) is 1.75. The molecule has 0 amide bonds. The van der Waals surface area contributed by atoms with Crippen LogP contribution < -0.4 is 10.0 Å². The fourth-order valence-corrected chi connectivity index (χ4v) is 3.61. The highest BCUT2D eigenvalue weighted by Gasteiger charge is 2.17. The Balaban J connectivity index is 2.16. The minimum Gasteiger partial charge on any atom is -0.313 e. The van der Waals surface area contributed by atoms with Crippen molar-refractivity contribution in [3.05, 3.63) is 46.4 Å². The van der Waals surface area contributed by atoms with E-state index in [1.807, 2.05) is 19.1 Å². The summed E-state index contributed by atoms with van der Waals surface area (Å²) in [4.78, 5) is 5.14. The van der Waals surface area contributed by atoms with E-state index >= 15 is 0 Å². The molecule has 2 rings (SSSR count). The highest BCUT2D eigenvalue weighted by molar-refractivity contribution is 7.89. The molecule has 0 bridgehead atoms. The van der Waals surface area contributed by atoms with Crippen molar-refractivity contribution in [1.82, 2.24) is 15.0 Å². The van der Waals surface area contributed by atoms with Crippen LogP contribution in [0.15, 0.2) is 40.9 Å². The summed E-state index contributed by atoms with van der Waals surface area (Å²) >= 11 is 1.43. The standard InChI is InChI=1S/C13H17N3O2S2/c1-2-14-7-11-5-3-4-6-13(11)20(17,18)16-9-12-8-15-10-19-12/h3-6,8,10,14,16H,2,7,9H2,1H3. The predicted octanol–water partition coefficient (Wildman–Crippen LogP) is 1.73. The number of hydrogen-bond acceptors (Lipinski definition) is 5. The second-order valence-electron chi connectivity index (χ2n) is 4.18. The molecule has 2 N–H and O–H groups in total. The van der Waals surface area contributed by atoms with Crippen LogP contribution in [0.25, 0.3) is 0 Å². The van der Waals surface area contributed by atoms with E-state index in [0.717, 1.165) is 17.0 Å². The summed E-state index contributed by atoms with van der Waals surface area (Å²) in [5, 5.41) is 3.15. The maximum atomic E-state index is 12.4. The second-order valence-corrected chi connectivity index (χ2v) is 6.89. The Kier molecular flexibility index (Phi) is 5.24. The molecule has 108 valence electrons. The first-order valence-corrected chi connectivity index (χ1v) is 8.65. The highest BCUT2D eigenvalue weighted by Crippen LogP contribution is 2.16. The maximum Gasteiger partial charge on any atom is 0.241 e. The zero-order valence-corrected chi connectivity index (χ0v) is 12.8. The number of nitrogens with one attached hydrogen (secondary N) is 2. The first-order chi connectivity index (χ1) is 9.63. The van der Waals surface area contributed by atoms with Crippen LogP contribution in [-0.2, 0) is 23.1 Å². The first kappa shape index (κ1) is 15.1. The smallest absolute Gasteiger partial charge is 0.241 e. The summed E-state index contributed by atoms with van der Waals surface area (Å²) in [5.41, 5.74) is 2.45. The minimum atomic E-state index is -3.51. The van der Waals surface area contributed by atoms with Gasteiger partial charge in [0.2, 0.25) is 10.0 Å². The van der Waals surface area contributed by atoms with Gasteiger partial charge in [-0.15, -0.1) is 11.3 Å². The van der Waals surface area contributed by atoms with Crippen molar-refractivity contribution in [3.8, 4) is 0 Å². The fraction of sp³-hybridized carbons (Fsp3) is 0.308. The van der Waals surface area contributed by atoms with Gasteiger partial charge in [0.05, 0.1) is 10.4 Å². The number of aromatic nitrogens is 1. The number of thiazole rings is 1. The van der Waals surface area contributed by atoms with E-state index in [4.69, 9.17) is 0 Å². The summed E-state index contributed by atoms with van der Waals surface area (Å²) < 4.78 is 27.3. The molecule has 2 aromatic rings. The van der Waals surface area contributed by atoms with E-state index in [1.54, 1.807) is 23.8 Å². The molecule has 1 heterocycles. The Morgan fingerprint density at radius 2 is 2.05 bits per heavy atom. The lowest BCUT2D eigenvalue weighted by atomic mass is 10.2. The summed E-state index contributed by atoms with van der Waals surface area (Å²) in [5.74, 6) is 0. The SMILES string of the molecule is CCNCc1ccccc1S(=O)(=O)NCc1cncs1. The molecule has 0 saturated heterocycles. The van der Waals surface area contributed by atoms with Crippen LogP contribution in [0.3, 0.4) is 0 Å². The summed E-state index contributed by atoms with van der Waals surface area (Å²) in [6.07, 6.45) is 1.66. The maximum absolute atomic E-state index is 12.4. The summed E-state index contributed by atoms with van der Waals surface area (Å²) in [6, 6.07) is 7.02. The Morgan fingerprint density at radius 1 is 1.25 bits per heavy atom. The average molecular weight is 311 g/mol. The zero-order valence-electron chi connectivity index (χ0n) is 11.2. The van der Waals surface area contributed by atoms with Crippen molar-refractivity contribution in [1.29, 1.82) is 0 Å². The molecule has 5 nitrogen and oxygen atoms in total. The Bertz CT molecular complexity index is 639. The van der Waals surface area contributed by atoms with Gasteiger partial charge < -0.3 is 5.32 Å². The normalized spacial score (nSPS) is 11.7. The van der Waals surface area contributed by atoms with E-state index in [2.05, 4.69) is 15.0 Å². The number of hydrogen-bond donors (Lipinski definition) is 2. The van der Waals surface area contributed by atoms with Gasteiger partial charge in [0.1, 0.15) is 0 Å². The van der Waals surface area contributed by atoms with Crippen molar-refractivity contribution >= 4 is 21.4 Å². The highest BCUT2D eigenvalue weighted by atomic mass is 32.2. The van der Waals surface area contributed by atoms with Gasteiger partial charge in [-0.25, -0.2) is 13.1 Å². The van der Waals surface area contributed by atoms with Crippen molar-refractivity contribution in [3.63, 3.8) is 0 Å². The molecule has 0 radical (unpaired) electrons. The quantitative estimate of drug-likeness (QED) is 0.817. The number of nitrogens with zero attached hydrogens (tertiary/aromatic N) is 1. The molecule has 0 aliphatic carbocycles. The number of rotatable bonds is 7. The molecule has 0 aliphatic rings. The van der Waals surface area contributed by atoms with E-state index in [0.29, 0.717) is 11.4 Å². The molecule has 1 aromatic carbocycles. The lowest BCUT2D eigenvalue weighted by Crippen LogP contribution is -2.25. The molecule has 0 fully saturated rings. The Morgan fingerprint density at radius 3 is 2.75 bits per heavy atom. The monoisotopic (exact) mass is 311 g/mol. The van der Waals surface area contributed by atoms with Gasteiger partial charge in [0.15, 0.2) is 0 Å². The van der Waals surface area contributed by atoms with Gasteiger partial charge in [0.25, 0.3) is 0 Å². The van der Waals surface area contributed by atoms with Gasteiger partial charge in [-0.3, -0.25) is 4.98 Å². The third-order valence-electron chi connectivity index (χ3n) is 2.75. The van der Waals surface area contributed by atoms with E-state index in [-0.39, 0.29) is 6.54 Å². The number of benzene rings is 1. The van der Waals surface area contributed by atoms with Crippen LogP contribution in [0.5, 0.6) is 0 Å². The van der Waals surface area contributed by atoms with Gasteiger partial charge >= 0.3 is 0 Å². The largest absolute Gasteiger partial charge is 0.313 e. The molecule has 0 unspecified atom stereocenters. The van der Waals surface area contributed by atoms with Gasteiger partial charge in [0, 0.05) is 24.2 Å². The predicted molar refractivity (Wildman–Crippen MR) is 80.0 cm³/mol. The molecule has 0 atom stereocenters. The number of sulfonamides is 1. The van der Waals surface area contributed by atoms with Crippen LogP contribution in [0, 0.1) is 0 Å². The molecular weight excluding hydrogens is 294 g/mol. The summed E-state index contributed by atoms with van der Waals surface area (Å²) in [7, 11) is -3.51. The van der Waals surface area contributed by atoms with Crippen molar-refractivity contribution < 1.29 is 8.42 Å². The Labute approximate surface area is 123 Å². The van der Waals surface area contributed by atoms with Crippen LogP contribution in [0.2, 0.25) is 0 Å². The van der Waals surface area contributed by atoms with E-state index in [9.17, 15) is 8.42 Å². The van der Waals surface area contributed by atoms with Crippen LogP contribution in [-0.4, -0.2) is 19.9 Å². The topological polar surface area (TPSA) is 71.1 Å². The third kappa shape index (κ3) is 3.86. The van der Waals surface area contributed by atoms with Crippen LogP contribution >= 0.6 is 11.3 Å². The lowest BCUT2D eigenvalue weighted by Gasteiger charge is -2.11. The van der Waals surface area contributed by atoms with Gasteiger partial charge in [-0.1, -0.05) is 25.1 Å². The molecule has 0 saturated carbocycles. The van der Waals surface area contributed by atoms with Crippen LogP contribution in [0.4, 0.5) is 0 Å². The van der Waals surface area contributed by atoms with E-state index in [1.165, 1.54) is 11.3 Å². The minimum absolute atomic E-state index is 0.266. The molecule has 7 heteroatoms. The van der Waals surface area contributed by atoms with Crippen LogP contribution in [0.1, 0.15) is 17.4 Å². The van der Waals surface area contributed by atoms with Crippen molar-refractivity contribution in [2.24, 2.45) is 0 Å². The molecule has 0 aliphatic heterocycles. The summed E-state index contributed by atoms with van der Waals surface area (Å²) in [6.45, 7) is 3.58. The average Bonchev–Trinajstić information content (AvgIpc) is 2.97. The molecule has 20 heavy (non-hydrogen) atoms. The third-order valence-corrected chi connectivity index (χ3v) is 5.03. The first-order valence-electron chi connectivity index (χ1n) is 6.29. The Hall–Kier alpha value is -1.28. The van der Waals surface area contributed by atoms with Gasteiger partial charge in [-0.2, -0.15) is 0 Å². The van der Waals surface area contributed by atoms with Crippen molar-refractivity contribution in [2.75, 3.05) is 6.54 Å². The van der Waals surface area contributed by atoms with Gasteiger partial charge in [-0.05, 0) is 18.2 Å². The zero-order chi connectivity index (χ0) is 14.4. The molecule has 1 aromatic heterocycles. The van der Waals surface area contributed by atoms with E-state index < -0.39 is 10.0 Å². The molecule has 0 spiro atoms. The second kappa shape index (κ2) is 6.94.